The predicted molar refractivity (Wildman–Crippen MR) is 61.6 cm³/mol. The molecule has 7 heteroatoms. The zero-order valence-electron chi connectivity index (χ0n) is 8.88. The van der Waals surface area contributed by atoms with E-state index in [1.165, 1.54) is 25.2 Å². The zero-order chi connectivity index (χ0) is 13.1. The Bertz CT molecular complexity index is 613. The molecule has 1 aromatic rings. The number of hydrogen-bond donors (Lipinski definition) is 0. The van der Waals surface area contributed by atoms with Gasteiger partial charge in [-0.1, -0.05) is 11.6 Å². The summed E-state index contributed by atoms with van der Waals surface area (Å²) in [6.45, 7) is -0.282. The molecule has 0 fully saturated rings. The number of halogens is 1. The van der Waals surface area contributed by atoms with Crippen LogP contribution in [0, 0.1) is 22.7 Å². The van der Waals surface area contributed by atoms with E-state index in [1.807, 2.05) is 6.07 Å². The third kappa shape index (κ3) is 2.75. The van der Waals surface area contributed by atoms with Crippen molar-refractivity contribution in [3.63, 3.8) is 0 Å². The van der Waals surface area contributed by atoms with E-state index in [9.17, 15) is 8.42 Å². The lowest BCUT2D eigenvalue weighted by atomic mass is 10.2. The van der Waals surface area contributed by atoms with Gasteiger partial charge in [0, 0.05) is 7.05 Å². The van der Waals surface area contributed by atoms with Crippen LogP contribution in [0.2, 0.25) is 5.02 Å². The predicted octanol–water partition coefficient (Wildman–Crippen LogP) is 1.36. The molecule has 1 aromatic carbocycles. The molecule has 1 rings (SSSR count). The SMILES string of the molecule is CN(CC#N)S(=O)(=O)c1cc(C#N)ccc1Cl. The minimum Gasteiger partial charge on any atom is -0.207 e. The molecular formula is C10H8ClN3O2S. The quantitative estimate of drug-likeness (QED) is 0.776. The lowest BCUT2D eigenvalue weighted by molar-refractivity contribution is 0.501. The molecule has 0 amide bonds. The summed E-state index contributed by atoms with van der Waals surface area (Å²) >= 11 is 5.78. The molecule has 0 aliphatic carbocycles. The summed E-state index contributed by atoms with van der Waals surface area (Å²) in [4.78, 5) is -0.170. The Labute approximate surface area is 105 Å². The second kappa shape index (κ2) is 5.15. The highest BCUT2D eigenvalue weighted by Gasteiger charge is 2.23. The first-order chi connectivity index (χ1) is 7.93. The molecule has 17 heavy (non-hydrogen) atoms. The van der Waals surface area contributed by atoms with Gasteiger partial charge < -0.3 is 0 Å². The Kier molecular flexibility index (Phi) is 4.08. The van der Waals surface area contributed by atoms with E-state index in [2.05, 4.69) is 0 Å². The molecule has 0 bridgehead atoms. The minimum atomic E-state index is -3.84. The van der Waals surface area contributed by atoms with E-state index in [4.69, 9.17) is 22.1 Å². The van der Waals surface area contributed by atoms with Crippen LogP contribution in [0.15, 0.2) is 23.1 Å². The van der Waals surface area contributed by atoms with Gasteiger partial charge in [-0.2, -0.15) is 14.8 Å². The van der Waals surface area contributed by atoms with Crippen LogP contribution in [0.25, 0.3) is 0 Å². The largest absolute Gasteiger partial charge is 0.245 e. The highest BCUT2D eigenvalue weighted by Crippen LogP contribution is 2.24. The second-order valence-corrected chi connectivity index (χ2v) is 5.60. The van der Waals surface area contributed by atoms with Gasteiger partial charge in [0.2, 0.25) is 10.0 Å². The lowest BCUT2D eigenvalue weighted by Gasteiger charge is -2.14. The van der Waals surface area contributed by atoms with Gasteiger partial charge in [-0.25, -0.2) is 8.42 Å². The number of rotatable bonds is 3. The van der Waals surface area contributed by atoms with E-state index in [0.717, 1.165) is 4.31 Å². The van der Waals surface area contributed by atoms with Crippen LogP contribution in [-0.4, -0.2) is 26.3 Å². The second-order valence-electron chi connectivity index (χ2n) is 3.18. The Morgan fingerprint density at radius 3 is 2.59 bits per heavy atom. The number of nitrogens with zero attached hydrogens (tertiary/aromatic N) is 3. The molecule has 5 nitrogen and oxygen atoms in total. The van der Waals surface area contributed by atoms with Crippen LogP contribution in [0.3, 0.4) is 0 Å². The summed E-state index contributed by atoms with van der Waals surface area (Å²) in [5.41, 5.74) is 0.193. The minimum absolute atomic E-state index is 0.0220. The maximum Gasteiger partial charge on any atom is 0.245 e. The summed E-state index contributed by atoms with van der Waals surface area (Å²) < 4.78 is 24.9. The first-order valence-electron chi connectivity index (χ1n) is 4.46. The standard InChI is InChI=1S/C10H8ClN3O2S/c1-14(5-4-12)17(15,16)10-6-8(7-13)2-3-9(10)11/h2-3,6H,5H2,1H3. The number of nitriles is 2. The molecule has 88 valence electrons. The molecule has 0 saturated carbocycles. The molecule has 0 unspecified atom stereocenters. The molecule has 0 aliphatic heterocycles. The topological polar surface area (TPSA) is 85.0 Å². The molecule has 0 saturated heterocycles. The Morgan fingerprint density at radius 1 is 1.41 bits per heavy atom. The van der Waals surface area contributed by atoms with Gasteiger partial charge in [-0.3, -0.25) is 0 Å². The van der Waals surface area contributed by atoms with Crippen molar-refractivity contribution in [3.8, 4) is 12.1 Å². The van der Waals surface area contributed by atoms with Crippen molar-refractivity contribution in [1.82, 2.24) is 4.31 Å². The monoisotopic (exact) mass is 269 g/mol. The highest BCUT2D eigenvalue weighted by molar-refractivity contribution is 7.89. The van der Waals surface area contributed by atoms with E-state index in [-0.39, 0.29) is 22.0 Å². The maximum atomic E-state index is 12.0. The van der Waals surface area contributed by atoms with Crippen LogP contribution in [0.4, 0.5) is 0 Å². The van der Waals surface area contributed by atoms with E-state index in [0.29, 0.717) is 0 Å². The highest BCUT2D eigenvalue weighted by atomic mass is 35.5. The van der Waals surface area contributed by atoms with Crippen molar-refractivity contribution < 1.29 is 8.42 Å². The molecule has 0 radical (unpaired) electrons. The van der Waals surface area contributed by atoms with E-state index in [1.54, 1.807) is 6.07 Å². The van der Waals surface area contributed by atoms with Gasteiger partial charge in [0.05, 0.1) is 22.7 Å². The third-order valence-electron chi connectivity index (χ3n) is 2.04. The van der Waals surface area contributed by atoms with Gasteiger partial charge in [0.1, 0.15) is 11.4 Å². The maximum absolute atomic E-state index is 12.0. The van der Waals surface area contributed by atoms with Crippen molar-refractivity contribution in [1.29, 1.82) is 10.5 Å². The molecule has 0 spiro atoms. The average Bonchev–Trinajstić information content (AvgIpc) is 2.29. The first-order valence-corrected chi connectivity index (χ1v) is 6.28. The normalized spacial score (nSPS) is 10.9. The summed E-state index contributed by atoms with van der Waals surface area (Å²) in [7, 11) is -2.56. The fraction of sp³-hybridized carbons (Fsp3) is 0.200. The number of hydrogen-bond acceptors (Lipinski definition) is 4. The van der Waals surface area contributed by atoms with Gasteiger partial charge in [-0.15, -0.1) is 0 Å². The van der Waals surface area contributed by atoms with Gasteiger partial charge >= 0.3 is 0 Å². The smallest absolute Gasteiger partial charge is 0.207 e. The van der Waals surface area contributed by atoms with Crippen LogP contribution >= 0.6 is 11.6 Å². The van der Waals surface area contributed by atoms with Crippen molar-refractivity contribution in [2.45, 2.75) is 4.90 Å². The van der Waals surface area contributed by atoms with Crippen LogP contribution in [0.5, 0.6) is 0 Å². The molecule has 0 N–H and O–H groups in total. The Hall–Kier alpha value is -1.60. The van der Waals surface area contributed by atoms with E-state index < -0.39 is 10.0 Å². The van der Waals surface area contributed by atoms with Crippen molar-refractivity contribution in [2.24, 2.45) is 0 Å². The fourth-order valence-electron chi connectivity index (χ4n) is 1.12. The van der Waals surface area contributed by atoms with Crippen molar-refractivity contribution >= 4 is 21.6 Å². The van der Waals surface area contributed by atoms with Crippen LogP contribution in [-0.2, 0) is 10.0 Å². The number of sulfonamides is 1. The molecule has 0 atom stereocenters. The molecule has 0 aromatic heterocycles. The van der Waals surface area contributed by atoms with Gasteiger partial charge in [0.15, 0.2) is 0 Å². The first kappa shape index (κ1) is 13.5. The van der Waals surface area contributed by atoms with Crippen LogP contribution < -0.4 is 0 Å². The van der Waals surface area contributed by atoms with E-state index >= 15 is 0 Å². The molecular weight excluding hydrogens is 262 g/mol. The summed E-state index contributed by atoms with van der Waals surface area (Å²) in [6, 6.07) is 7.51. The third-order valence-corrected chi connectivity index (χ3v) is 4.33. The summed E-state index contributed by atoms with van der Waals surface area (Å²) in [5, 5.41) is 17.2. The molecule has 0 heterocycles. The summed E-state index contributed by atoms with van der Waals surface area (Å²) in [6.07, 6.45) is 0. The fourth-order valence-corrected chi connectivity index (χ4v) is 2.69. The van der Waals surface area contributed by atoms with Crippen LogP contribution in [0.1, 0.15) is 5.56 Å². The van der Waals surface area contributed by atoms with Gasteiger partial charge in [-0.05, 0) is 18.2 Å². The average molecular weight is 270 g/mol. The Morgan fingerprint density at radius 2 is 2.06 bits per heavy atom. The molecule has 0 aliphatic rings. The lowest BCUT2D eigenvalue weighted by Crippen LogP contribution is -2.27. The van der Waals surface area contributed by atoms with Crippen molar-refractivity contribution in [2.75, 3.05) is 13.6 Å². The van der Waals surface area contributed by atoms with Crippen molar-refractivity contribution in [3.05, 3.63) is 28.8 Å². The van der Waals surface area contributed by atoms with Gasteiger partial charge in [0.25, 0.3) is 0 Å². The Balaban J connectivity index is 3.35. The zero-order valence-corrected chi connectivity index (χ0v) is 10.5. The summed E-state index contributed by atoms with van der Waals surface area (Å²) in [5.74, 6) is 0. The number of benzene rings is 1.